The Kier molecular flexibility index (Phi) is 3.73. The number of thiophene rings is 1. The normalized spacial score (nSPS) is 10.7. The third kappa shape index (κ3) is 2.69. The van der Waals surface area contributed by atoms with Crippen molar-refractivity contribution in [3.05, 3.63) is 33.9 Å². The fraction of sp³-hybridized carbons (Fsp3) is 0.167. The number of hydrogen-bond donors (Lipinski definition) is 1. The summed E-state index contributed by atoms with van der Waals surface area (Å²) in [6.07, 6.45) is 0. The Morgan fingerprint density at radius 3 is 2.79 bits per heavy atom. The van der Waals surface area contributed by atoms with Crippen molar-refractivity contribution in [3.8, 4) is 0 Å². The minimum absolute atomic E-state index is 0.214. The number of carboxylic acids is 1. The number of amides is 1. The van der Waals surface area contributed by atoms with Crippen LogP contribution in [0.4, 0.5) is 4.39 Å². The van der Waals surface area contributed by atoms with E-state index in [9.17, 15) is 14.0 Å². The number of carbonyl (C=O) groups is 2. The lowest BCUT2D eigenvalue weighted by Crippen LogP contribution is -2.31. The molecule has 0 aliphatic rings. The number of aliphatic carboxylic acids is 1. The van der Waals surface area contributed by atoms with Crippen molar-refractivity contribution in [3.63, 3.8) is 0 Å². The summed E-state index contributed by atoms with van der Waals surface area (Å²) in [4.78, 5) is 23.9. The second-order valence-electron chi connectivity index (χ2n) is 3.94. The Labute approximate surface area is 117 Å². The minimum atomic E-state index is -1.11. The number of carboxylic acid groups (broad SMARTS) is 1. The maximum Gasteiger partial charge on any atom is 0.323 e. The van der Waals surface area contributed by atoms with Gasteiger partial charge in [0.05, 0.1) is 5.02 Å². The molecule has 1 N–H and O–H groups in total. The molecule has 0 saturated carbocycles. The highest BCUT2D eigenvalue weighted by Gasteiger charge is 2.21. The van der Waals surface area contributed by atoms with E-state index in [2.05, 4.69) is 0 Å². The number of fused-ring (bicyclic) bond motifs is 1. The molecule has 0 atom stereocenters. The fourth-order valence-corrected chi connectivity index (χ4v) is 3.16. The van der Waals surface area contributed by atoms with Crippen LogP contribution in [0.25, 0.3) is 10.1 Å². The van der Waals surface area contributed by atoms with E-state index >= 15 is 0 Å². The van der Waals surface area contributed by atoms with Gasteiger partial charge in [-0.15, -0.1) is 11.3 Å². The molecule has 0 unspecified atom stereocenters. The van der Waals surface area contributed by atoms with E-state index in [4.69, 9.17) is 16.7 Å². The fourth-order valence-electron chi connectivity index (χ4n) is 1.62. The van der Waals surface area contributed by atoms with Gasteiger partial charge in [0.2, 0.25) is 0 Å². The molecule has 2 rings (SSSR count). The van der Waals surface area contributed by atoms with Crippen LogP contribution < -0.4 is 0 Å². The van der Waals surface area contributed by atoms with Crippen LogP contribution in [0, 0.1) is 5.82 Å². The predicted octanol–water partition coefficient (Wildman–Crippen LogP) is 2.85. The molecule has 100 valence electrons. The van der Waals surface area contributed by atoms with E-state index in [0.717, 1.165) is 16.2 Å². The van der Waals surface area contributed by atoms with Crippen molar-refractivity contribution in [1.29, 1.82) is 0 Å². The van der Waals surface area contributed by atoms with Gasteiger partial charge in [0.25, 0.3) is 5.91 Å². The largest absolute Gasteiger partial charge is 0.480 e. The van der Waals surface area contributed by atoms with Crippen LogP contribution in [0.15, 0.2) is 18.2 Å². The highest BCUT2D eigenvalue weighted by molar-refractivity contribution is 7.21. The lowest BCUT2D eigenvalue weighted by Gasteiger charge is -2.13. The zero-order chi connectivity index (χ0) is 14.2. The summed E-state index contributed by atoms with van der Waals surface area (Å²) in [6, 6.07) is 4.05. The van der Waals surface area contributed by atoms with Crippen LogP contribution in [-0.2, 0) is 4.79 Å². The van der Waals surface area contributed by atoms with Gasteiger partial charge < -0.3 is 10.0 Å². The van der Waals surface area contributed by atoms with Crippen molar-refractivity contribution < 1.29 is 19.1 Å². The van der Waals surface area contributed by atoms with Gasteiger partial charge in [-0.25, -0.2) is 4.39 Å². The molecular weight excluding hydrogens is 293 g/mol. The molecule has 0 saturated heterocycles. The van der Waals surface area contributed by atoms with Crippen LogP contribution in [0.5, 0.6) is 0 Å². The zero-order valence-corrected chi connectivity index (χ0v) is 11.4. The second-order valence-corrected chi connectivity index (χ2v) is 5.37. The van der Waals surface area contributed by atoms with E-state index in [1.165, 1.54) is 25.2 Å². The molecule has 0 fully saturated rings. The van der Waals surface area contributed by atoms with Gasteiger partial charge in [0.15, 0.2) is 0 Å². The van der Waals surface area contributed by atoms with Crippen LogP contribution >= 0.6 is 22.9 Å². The van der Waals surface area contributed by atoms with Crippen molar-refractivity contribution in [2.24, 2.45) is 0 Å². The Bertz CT molecular complexity index is 670. The first-order valence-electron chi connectivity index (χ1n) is 5.25. The predicted molar refractivity (Wildman–Crippen MR) is 71.4 cm³/mol. The standard InChI is InChI=1S/C12H9ClFNO3S/c1-15(5-9(16)17)12(18)11-10(13)7-3-2-6(14)4-8(7)19-11/h2-4H,5H2,1H3,(H,16,17). The van der Waals surface area contributed by atoms with Gasteiger partial charge in [-0.1, -0.05) is 11.6 Å². The number of hydrogen-bond acceptors (Lipinski definition) is 3. The summed E-state index contributed by atoms with van der Waals surface area (Å²) in [5.41, 5.74) is 0. The van der Waals surface area contributed by atoms with Crippen LogP contribution in [-0.4, -0.2) is 35.5 Å². The van der Waals surface area contributed by atoms with Gasteiger partial charge in [-0.2, -0.15) is 0 Å². The highest BCUT2D eigenvalue weighted by Crippen LogP contribution is 2.36. The monoisotopic (exact) mass is 301 g/mol. The van der Waals surface area contributed by atoms with E-state index in [0.29, 0.717) is 10.1 Å². The molecule has 4 nitrogen and oxygen atoms in total. The lowest BCUT2D eigenvalue weighted by molar-refractivity contribution is -0.137. The molecule has 1 amide bonds. The molecule has 0 aliphatic heterocycles. The Balaban J connectivity index is 2.42. The van der Waals surface area contributed by atoms with Crippen molar-refractivity contribution in [2.45, 2.75) is 0 Å². The van der Waals surface area contributed by atoms with Crippen molar-refractivity contribution >= 4 is 44.9 Å². The summed E-state index contributed by atoms with van der Waals surface area (Å²) < 4.78 is 13.7. The van der Waals surface area contributed by atoms with Gasteiger partial charge in [0.1, 0.15) is 17.2 Å². The van der Waals surface area contributed by atoms with Crippen LogP contribution in [0.2, 0.25) is 5.02 Å². The van der Waals surface area contributed by atoms with Gasteiger partial charge in [-0.05, 0) is 18.2 Å². The second kappa shape index (κ2) is 5.14. The summed E-state index contributed by atoms with van der Waals surface area (Å²) in [5, 5.41) is 9.46. The number of nitrogens with zero attached hydrogens (tertiary/aromatic N) is 1. The summed E-state index contributed by atoms with van der Waals surface area (Å²) >= 11 is 7.12. The number of likely N-dealkylation sites (N-methyl/N-ethyl adjacent to an activating group) is 1. The van der Waals surface area contributed by atoms with Crippen molar-refractivity contribution in [1.82, 2.24) is 4.90 Å². The SMILES string of the molecule is CN(CC(=O)O)C(=O)c1sc2cc(F)ccc2c1Cl. The molecule has 0 bridgehead atoms. The van der Waals surface area contributed by atoms with E-state index in [1.807, 2.05) is 0 Å². The molecule has 0 spiro atoms. The van der Waals surface area contributed by atoms with Gasteiger partial charge >= 0.3 is 5.97 Å². The molecular formula is C12H9ClFNO3S. The summed E-state index contributed by atoms with van der Waals surface area (Å²) in [6.45, 7) is -0.419. The minimum Gasteiger partial charge on any atom is -0.480 e. The van der Waals surface area contributed by atoms with Gasteiger partial charge in [0, 0.05) is 17.1 Å². The average molecular weight is 302 g/mol. The summed E-state index contributed by atoms with van der Waals surface area (Å²) in [5.74, 6) is -2.02. The zero-order valence-electron chi connectivity index (χ0n) is 9.81. The quantitative estimate of drug-likeness (QED) is 0.948. The molecule has 1 aromatic carbocycles. The first-order valence-corrected chi connectivity index (χ1v) is 6.44. The van der Waals surface area contributed by atoms with E-state index in [-0.39, 0.29) is 9.90 Å². The highest BCUT2D eigenvalue weighted by atomic mass is 35.5. The molecule has 19 heavy (non-hydrogen) atoms. The molecule has 7 heteroatoms. The molecule has 1 aromatic heterocycles. The molecule has 1 heterocycles. The van der Waals surface area contributed by atoms with E-state index in [1.54, 1.807) is 0 Å². The van der Waals surface area contributed by atoms with Crippen LogP contribution in [0.1, 0.15) is 9.67 Å². The van der Waals surface area contributed by atoms with Crippen LogP contribution in [0.3, 0.4) is 0 Å². The number of benzene rings is 1. The molecule has 2 aromatic rings. The van der Waals surface area contributed by atoms with Gasteiger partial charge in [-0.3, -0.25) is 9.59 Å². The number of rotatable bonds is 3. The van der Waals surface area contributed by atoms with Crippen molar-refractivity contribution in [2.75, 3.05) is 13.6 Å². The first-order chi connectivity index (χ1) is 8.90. The Morgan fingerprint density at radius 2 is 2.16 bits per heavy atom. The molecule has 0 radical (unpaired) electrons. The Hall–Kier alpha value is -1.66. The summed E-state index contributed by atoms with van der Waals surface area (Å²) in [7, 11) is 1.37. The first kappa shape index (κ1) is 13.8. The molecule has 0 aliphatic carbocycles. The Morgan fingerprint density at radius 1 is 1.47 bits per heavy atom. The average Bonchev–Trinajstić information content (AvgIpc) is 2.64. The van der Waals surface area contributed by atoms with E-state index < -0.39 is 24.2 Å². The maximum atomic E-state index is 13.1. The number of halogens is 2. The lowest BCUT2D eigenvalue weighted by atomic mass is 10.2. The third-order valence-corrected chi connectivity index (χ3v) is 4.15. The smallest absolute Gasteiger partial charge is 0.323 e. The maximum absolute atomic E-state index is 13.1. The third-order valence-electron chi connectivity index (χ3n) is 2.50. The number of carbonyl (C=O) groups excluding carboxylic acids is 1. The topological polar surface area (TPSA) is 57.6 Å².